The van der Waals surface area contributed by atoms with Crippen molar-refractivity contribution < 1.29 is 9.15 Å². The molecule has 3 heteroatoms. The molecule has 0 bridgehead atoms. The summed E-state index contributed by atoms with van der Waals surface area (Å²) in [7, 11) is 0. The highest BCUT2D eigenvalue weighted by molar-refractivity contribution is 9.10. The van der Waals surface area contributed by atoms with Crippen molar-refractivity contribution in [3.05, 3.63) is 21.6 Å². The summed E-state index contributed by atoms with van der Waals surface area (Å²) in [6.45, 7) is 1.37. The smallest absolute Gasteiger partial charge is 0.136 e. The molecule has 1 saturated carbocycles. The highest BCUT2D eigenvalue weighted by Crippen LogP contribution is 2.44. The van der Waals surface area contributed by atoms with Crippen LogP contribution >= 0.6 is 15.9 Å². The fourth-order valence-corrected chi connectivity index (χ4v) is 2.69. The molecule has 2 heterocycles. The van der Waals surface area contributed by atoms with Gasteiger partial charge in [-0.3, -0.25) is 0 Å². The average Bonchev–Trinajstić information content (AvgIpc) is 2.54. The molecule has 0 spiro atoms. The van der Waals surface area contributed by atoms with E-state index >= 15 is 0 Å². The summed E-state index contributed by atoms with van der Waals surface area (Å²) in [6, 6.07) is 0. The van der Waals surface area contributed by atoms with Gasteiger partial charge in [-0.25, -0.2) is 0 Å². The molecule has 0 radical (unpaired) electrons. The molecule has 2 aliphatic rings. The van der Waals surface area contributed by atoms with Gasteiger partial charge >= 0.3 is 0 Å². The van der Waals surface area contributed by atoms with Crippen LogP contribution in [0.2, 0.25) is 0 Å². The molecule has 0 N–H and O–H groups in total. The van der Waals surface area contributed by atoms with Crippen molar-refractivity contribution >= 4 is 15.9 Å². The van der Waals surface area contributed by atoms with Crippen molar-refractivity contribution in [1.29, 1.82) is 0 Å². The van der Waals surface area contributed by atoms with Crippen LogP contribution in [0.4, 0.5) is 0 Å². The molecular weight excluding hydrogens is 232 g/mol. The molecule has 0 saturated heterocycles. The second-order valence-corrected chi connectivity index (χ2v) is 4.60. The fourth-order valence-electron chi connectivity index (χ4n) is 1.95. The first-order chi connectivity index (χ1) is 6.36. The minimum Gasteiger partial charge on any atom is -0.462 e. The molecule has 1 aliphatic carbocycles. The zero-order chi connectivity index (χ0) is 8.84. The molecule has 1 fully saturated rings. The first-order valence-corrected chi connectivity index (χ1v) is 5.53. The Bertz CT molecular complexity index is 339. The minimum atomic E-state index is 0.653. The molecule has 0 unspecified atom stereocenters. The van der Waals surface area contributed by atoms with Crippen LogP contribution in [0.25, 0.3) is 0 Å². The second kappa shape index (κ2) is 2.85. The van der Waals surface area contributed by atoms with Crippen molar-refractivity contribution in [3.63, 3.8) is 0 Å². The van der Waals surface area contributed by atoms with Crippen LogP contribution in [-0.2, 0) is 18.0 Å². The number of furan rings is 1. The largest absolute Gasteiger partial charge is 0.462 e. The van der Waals surface area contributed by atoms with Gasteiger partial charge in [-0.2, -0.15) is 0 Å². The molecule has 0 aromatic carbocycles. The third kappa shape index (κ3) is 1.10. The van der Waals surface area contributed by atoms with Crippen LogP contribution in [-0.4, -0.2) is 0 Å². The molecular formula is C10H11BrO2. The quantitative estimate of drug-likeness (QED) is 0.754. The van der Waals surface area contributed by atoms with Crippen LogP contribution in [0.3, 0.4) is 0 Å². The number of hydrogen-bond acceptors (Lipinski definition) is 2. The predicted molar refractivity (Wildman–Crippen MR) is 51.5 cm³/mol. The fraction of sp³-hybridized carbons (Fsp3) is 0.600. The van der Waals surface area contributed by atoms with E-state index in [-0.39, 0.29) is 0 Å². The predicted octanol–water partition coefficient (Wildman–Crippen LogP) is 3.34. The highest BCUT2D eigenvalue weighted by Gasteiger charge is 2.30. The lowest BCUT2D eigenvalue weighted by Gasteiger charge is -2.23. The van der Waals surface area contributed by atoms with Crippen LogP contribution in [0.15, 0.2) is 8.89 Å². The van der Waals surface area contributed by atoms with Crippen molar-refractivity contribution in [2.24, 2.45) is 0 Å². The Kier molecular flexibility index (Phi) is 1.77. The molecule has 1 aliphatic heterocycles. The van der Waals surface area contributed by atoms with Crippen molar-refractivity contribution in [3.8, 4) is 0 Å². The Balaban J connectivity index is 2.01. The third-order valence-corrected chi connectivity index (χ3v) is 3.88. The van der Waals surface area contributed by atoms with Crippen molar-refractivity contribution in [2.45, 2.75) is 38.4 Å². The highest BCUT2D eigenvalue weighted by atomic mass is 79.9. The van der Waals surface area contributed by atoms with Crippen molar-refractivity contribution in [1.82, 2.24) is 0 Å². The normalized spacial score (nSPS) is 21.6. The number of ether oxygens (including phenoxy) is 1. The van der Waals surface area contributed by atoms with Gasteiger partial charge in [0.1, 0.15) is 18.1 Å². The summed E-state index contributed by atoms with van der Waals surface area (Å²) in [5.41, 5.74) is 1.24. The first kappa shape index (κ1) is 8.06. The van der Waals surface area contributed by atoms with Crippen LogP contribution in [0, 0.1) is 0 Å². The second-order valence-electron chi connectivity index (χ2n) is 3.80. The summed E-state index contributed by atoms with van der Waals surface area (Å²) in [6.07, 6.45) is 3.91. The lowest BCUT2D eigenvalue weighted by Crippen LogP contribution is -2.08. The molecule has 2 nitrogen and oxygen atoms in total. The van der Waals surface area contributed by atoms with E-state index in [1.165, 1.54) is 35.1 Å². The van der Waals surface area contributed by atoms with Crippen LogP contribution in [0.1, 0.15) is 42.3 Å². The van der Waals surface area contributed by atoms with E-state index in [1.807, 2.05) is 0 Å². The van der Waals surface area contributed by atoms with Gasteiger partial charge in [-0.1, -0.05) is 6.42 Å². The summed E-state index contributed by atoms with van der Waals surface area (Å²) >= 11 is 3.60. The number of rotatable bonds is 1. The zero-order valence-corrected chi connectivity index (χ0v) is 8.89. The van der Waals surface area contributed by atoms with Gasteiger partial charge in [0.25, 0.3) is 0 Å². The Hall–Kier alpha value is -0.280. The third-order valence-electron chi connectivity index (χ3n) is 3.01. The van der Waals surface area contributed by atoms with E-state index in [1.54, 1.807) is 0 Å². The SMILES string of the molecule is Brc1c(C2CCC2)oc2c1COC2. The van der Waals surface area contributed by atoms with Gasteiger partial charge in [0.05, 0.1) is 11.1 Å². The molecule has 1 aromatic rings. The molecule has 13 heavy (non-hydrogen) atoms. The lowest BCUT2D eigenvalue weighted by atomic mass is 9.83. The number of fused-ring (bicyclic) bond motifs is 1. The molecule has 3 rings (SSSR count). The zero-order valence-electron chi connectivity index (χ0n) is 7.31. The van der Waals surface area contributed by atoms with Gasteiger partial charge in [0.15, 0.2) is 0 Å². The van der Waals surface area contributed by atoms with E-state index in [0.29, 0.717) is 19.1 Å². The maximum absolute atomic E-state index is 5.79. The van der Waals surface area contributed by atoms with Gasteiger partial charge in [-0.05, 0) is 28.8 Å². The van der Waals surface area contributed by atoms with Crippen LogP contribution < -0.4 is 0 Å². The Morgan fingerprint density at radius 3 is 2.69 bits per heavy atom. The van der Waals surface area contributed by atoms with E-state index in [9.17, 15) is 0 Å². The molecule has 0 amide bonds. The lowest BCUT2D eigenvalue weighted by molar-refractivity contribution is 0.121. The molecule has 70 valence electrons. The number of halogens is 1. The maximum Gasteiger partial charge on any atom is 0.136 e. The minimum absolute atomic E-state index is 0.653. The van der Waals surface area contributed by atoms with Gasteiger partial charge in [0.2, 0.25) is 0 Å². The Labute approximate surface area is 85.4 Å². The summed E-state index contributed by atoms with van der Waals surface area (Å²) in [5, 5.41) is 0. The summed E-state index contributed by atoms with van der Waals surface area (Å²) < 4.78 is 12.3. The van der Waals surface area contributed by atoms with Gasteiger partial charge in [0, 0.05) is 11.5 Å². The average molecular weight is 243 g/mol. The maximum atomic E-state index is 5.79. The Morgan fingerprint density at radius 1 is 1.23 bits per heavy atom. The number of hydrogen-bond donors (Lipinski definition) is 0. The molecule has 1 aromatic heterocycles. The van der Waals surface area contributed by atoms with E-state index in [0.717, 1.165) is 5.76 Å². The summed E-state index contributed by atoms with van der Waals surface area (Å²) in [4.78, 5) is 0. The Morgan fingerprint density at radius 2 is 2.08 bits per heavy atom. The monoisotopic (exact) mass is 242 g/mol. The van der Waals surface area contributed by atoms with Crippen LogP contribution in [0.5, 0.6) is 0 Å². The van der Waals surface area contributed by atoms with Gasteiger partial charge < -0.3 is 9.15 Å². The molecule has 0 atom stereocenters. The van der Waals surface area contributed by atoms with Gasteiger partial charge in [-0.15, -0.1) is 0 Å². The summed E-state index contributed by atoms with van der Waals surface area (Å²) in [5.74, 6) is 2.87. The topological polar surface area (TPSA) is 22.4 Å². The van der Waals surface area contributed by atoms with E-state index in [2.05, 4.69) is 15.9 Å². The van der Waals surface area contributed by atoms with E-state index < -0.39 is 0 Å². The first-order valence-electron chi connectivity index (χ1n) is 4.74. The van der Waals surface area contributed by atoms with E-state index in [4.69, 9.17) is 9.15 Å². The standard InChI is InChI=1S/C10H11BrO2/c11-9-7-4-12-5-8(7)13-10(9)6-2-1-3-6/h6H,1-5H2. The van der Waals surface area contributed by atoms with Crippen molar-refractivity contribution in [2.75, 3.05) is 0 Å².